The van der Waals surface area contributed by atoms with Crippen LogP contribution >= 0.6 is 0 Å². The van der Waals surface area contributed by atoms with E-state index in [-0.39, 0.29) is 6.61 Å². The summed E-state index contributed by atoms with van der Waals surface area (Å²) in [7, 11) is 0. The third kappa shape index (κ3) is 4.32. The van der Waals surface area contributed by atoms with Gasteiger partial charge in [0.1, 0.15) is 24.5 Å². The summed E-state index contributed by atoms with van der Waals surface area (Å²) in [4.78, 5) is 13.7. The van der Waals surface area contributed by atoms with Gasteiger partial charge in [-0.2, -0.15) is 0 Å². The van der Waals surface area contributed by atoms with Crippen LogP contribution in [0.5, 0.6) is 11.5 Å². The van der Waals surface area contributed by atoms with Gasteiger partial charge in [0.2, 0.25) is 0 Å². The Morgan fingerprint density at radius 3 is 2.55 bits per heavy atom. The molecule has 0 fully saturated rings. The largest absolute Gasteiger partial charge is 0.486 e. The summed E-state index contributed by atoms with van der Waals surface area (Å²) in [5, 5.41) is 13.6. The lowest BCUT2D eigenvalue weighted by Gasteiger charge is -2.19. The van der Waals surface area contributed by atoms with Gasteiger partial charge in [-0.25, -0.2) is 9.97 Å². The smallest absolute Gasteiger partial charge is 0.161 e. The van der Waals surface area contributed by atoms with Gasteiger partial charge >= 0.3 is 0 Å². The van der Waals surface area contributed by atoms with Crippen molar-refractivity contribution in [2.45, 2.75) is 26.2 Å². The highest BCUT2D eigenvalue weighted by Crippen LogP contribution is 2.37. The fourth-order valence-corrected chi connectivity index (χ4v) is 4.17. The zero-order chi connectivity index (χ0) is 22.6. The third-order valence-corrected chi connectivity index (χ3v) is 5.90. The molecule has 5 rings (SSSR count). The second kappa shape index (κ2) is 9.42. The molecule has 0 atom stereocenters. The number of aryl methyl sites for hydroxylation is 1. The SMILES string of the molecule is Cc1c(-c2ccc3c(c2)OCCO3)ccnc1Nc1nccc2c(CCCCO)ccnc12. The van der Waals surface area contributed by atoms with Gasteiger partial charge in [0, 0.05) is 30.6 Å². The van der Waals surface area contributed by atoms with Crippen LogP contribution in [0.25, 0.3) is 22.0 Å². The number of benzene rings is 1. The standard InChI is InChI=1S/C26H26N4O3/c1-17-20(19-5-6-22-23(16-19)33-15-14-32-22)8-11-28-25(17)30-26-24-21(9-12-29-26)18(7-10-27-24)4-2-3-13-31/h5-12,16,31H,2-4,13-15H2,1H3,(H,28,29,30). The van der Waals surface area contributed by atoms with Gasteiger partial charge in [-0.05, 0) is 78.8 Å². The number of pyridine rings is 3. The molecule has 0 saturated heterocycles. The molecule has 4 heterocycles. The second-order valence-corrected chi connectivity index (χ2v) is 8.02. The van der Waals surface area contributed by atoms with Gasteiger partial charge in [-0.3, -0.25) is 4.98 Å². The van der Waals surface area contributed by atoms with Crippen molar-refractivity contribution in [3.05, 3.63) is 66.1 Å². The van der Waals surface area contributed by atoms with E-state index >= 15 is 0 Å². The zero-order valence-electron chi connectivity index (χ0n) is 18.5. The Balaban J connectivity index is 1.47. The molecule has 2 N–H and O–H groups in total. The molecule has 0 saturated carbocycles. The van der Waals surface area contributed by atoms with E-state index in [0.717, 1.165) is 64.2 Å². The maximum absolute atomic E-state index is 9.10. The Labute approximate surface area is 192 Å². The molecule has 1 aliphatic rings. The molecule has 168 valence electrons. The number of hydrogen-bond acceptors (Lipinski definition) is 7. The zero-order valence-corrected chi connectivity index (χ0v) is 18.5. The summed E-state index contributed by atoms with van der Waals surface area (Å²) in [5.74, 6) is 2.94. The number of aliphatic hydroxyl groups is 1. The van der Waals surface area contributed by atoms with Crippen LogP contribution in [0.2, 0.25) is 0 Å². The highest BCUT2D eigenvalue weighted by Gasteiger charge is 2.16. The Morgan fingerprint density at radius 2 is 1.67 bits per heavy atom. The van der Waals surface area contributed by atoms with Crippen LogP contribution < -0.4 is 14.8 Å². The molecule has 1 aliphatic heterocycles. The summed E-state index contributed by atoms with van der Waals surface area (Å²) in [5.41, 5.74) is 5.12. The number of ether oxygens (including phenoxy) is 2. The topological polar surface area (TPSA) is 89.4 Å². The van der Waals surface area contributed by atoms with Crippen molar-refractivity contribution >= 4 is 22.5 Å². The molecule has 1 aromatic carbocycles. The number of rotatable bonds is 7. The van der Waals surface area contributed by atoms with Gasteiger partial charge in [0.05, 0.1) is 0 Å². The van der Waals surface area contributed by atoms with Gasteiger partial charge < -0.3 is 19.9 Å². The number of fused-ring (bicyclic) bond motifs is 2. The molecular weight excluding hydrogens is 416 g/mol. The first kappa shape index (κ1) is 21.2. The van der Waals surface area contributed by atoms with Gasteiger partial charge in [0.15, 0.2) is 17.3 Å². The van der Waals surface area contributed by atoms with E-state index in [4.69, 9.17) is 14.6 Å². The highest BCUT2D eigenvalue weighted by molar-refractivity contribution is 5.92. The molecule has 4 aromatic rings. The molecule has 33 heavy (non-hydrogen) atoms. The summed E-state index contributed by atoms with van der Waals surface area (Å²) in [6, 6.07) is 12.0. The van der Waals surface area contributed by atoms with Crippen molar-refractivity contribution in [1.29, 1.82) is 0 Å². The van der Waals surface area contributed by atoms with E-state index in [1.165, 1.54) is 5.56 Å². The predicted molar refractivity (Wildman–Crippen MR) is 128 cm³/mol. The quantitative estimate of drug-likeness (QED) is 0.396. The highest BCUT2D eigenvalue weighted by atomic mass is 16.6. The molecular formula is C26H26N4O3. The van der Waals surface area contributed by atoms with Crippen LogP contribution in [-0.2, 0) is 6.42 Å². The van der Waals surface area contributed by atoms with Crippen molar-refractivity contribution in [3.63, 3.8) is 0 Å². The lowest BCUT2D eigenvalue weighted by Crippen LogP contribution is -2.15. The average Bonchev–Trinajstić information content (AvgIpc) is 2.85. The first-order valence-electron chi connectivity index (χ1n) is 11.2. The average molecular weight is 443 g/mol. The number of nitrogens with zero attached hydrogens (tertiary/aromatic N) is 3. The Kier molecular flexibility index (Phi) is 6.04. The van der Waals surface area contributed by atoms with Gasteiger partial charge in [-0.1, -0.05) is 6.07 Å². The van der Waals surface area contributed by atoms with Crippen molar-refractivity contribution in [1.82, 2.24) is 15.0 Å². The van der Waals surface area contributed by atoms with E-state index in [1.807, 2.05) is 49.5 Å². The molecule has 7 nitrogen and oxygen atoms in total. The fourth-order valence-electron chi connectivity index (χ4n) is 4.17. The number of nitrogens with one attached hydrogen (secondary N) is 1. The fraction of sp³-hybridized carbons (Fsp3) is 0.269. The number of anilines is 2. The van der Waals surface area contributed by atoms with Crippen LogP contribution in [0.4, 0.5) is 11.6 Å². The lowest BCUT2D eigenvalue weighted by molar-refractivity contribution is 0.171. The molecule has 0 spiro atoms. The van der Waals surface area contributed by atoms with Crippen LogP contribution in [0, 0.1) is 6.92 Å². The maximum Gasteiger partial charge on any atom is 0.161 e. The summed E-state index contributed by atoms with van der Waals surface area (Å²) >= 11 is 0. The maximum atomic E-state index is 9.10. The van der Waals surface area contributed by atoms with Crippen LogP contribution in [0.15, 0.2) is 55.0 Å². The number of unbranched alkanes of at least 4 members (excludes halogenated alkanes) is 1. The van der Waals surface area contributed by atoms with E-state index < -0.39 is 0 Å². The van der Waals surface area contributed by atoms with Crippen molar-refractivity contribution in [3.8, 4) is 22.6 Å². The summed E-state index contributed by atoms with van der Waals surface area (Å²) in [6.07, 6.45) is 8.01. The van der Waals surface area contributed by atoms with E-state index in [1.54, 1.807) is 12.4 Å². The monoisotopic (exact) mass is 442 g/mol. The van der Waals surface area contributed by atoms with Crippen molar-refractivity contribution < 1.29 is 14.6 Å². The molecule has 0 radical (unpaired) electrons. The summed E-state index contributed by atoms with van der Waals surface area (Å²) in [6.45, 7) is 3.38. The van der Waals surface area contributed by atoms with Crippen LogP contribution in [0.3, 0.4) is 0 Å². The van der Waals surface area contributed by atoms with Crippen LogP contribution in [0.1, 0.15) is 24.0 Å². The molecule has 7 heteroatoms. The van der Waals surface area contributed by atoms with Gasteiger partial charge in [0.25, 0.3) is 0 Å². The molecule has 0 unspecified atom stereocenters. The third-order valence-electron chi connectivity index (χ3n) is 5.90. The molecule has 0 aliphatic carbocycles. The molecule has 0 bridgehead atoms. The van der Waals surface area contributed by atoms with Crippen molar-refractivity contribution in [2.24, 2.45) is 0 Å². The second-order valence-electron chi connectivity index (χ2n) is 8.02. The number of hydrogen-bond donors (Lipinski definition) is 2. The minimum Gasteiger partial charge on any atom is -0.486 e. The Morgan fingerprint density at radius 1 is 0.879 bits per heavy atom. The summed E-state index contributed by atoms with van der Waals surface area (Å²) < 4.78 is 11.4. The first-order chi connectivity index (χ1) is 16.2. The Bertz CT molecular complexity index is 1290. The first-order valence-corrected chi connectivity index (χ1v) is 11.2. The van der Waals surface area contributed by atoms with Gasteiger partial charge in [-0.15, -0.1) is 0 Å². The Hall–Kier alpha value is -3.71. The van der Waals surface area contributed by atoms with E-state index in [9.17, 15) is 0 Å². The number of aromatic nitrogens is 3. The molecule has 0 amide bonds. The van der Waals surface area contributed by atoms with E-state index in [0.29, 0.717) is 19.0 Å². The molecule has 3 aromatic heterocycles. The van der Waals surface area contributed by atoms with Crippen molar-refractivity contribution in [2.75, 3.05) is 25.1 Å². The number of aliphatic hydroxyl groups excluding tert-OH is 1. The van der Waals surface area contributed by atoms with E-state index in [2.05, 4.69) is 20.3 Å². The van der Waals surface area contributed by atoms with Crippen LogP contribution in [-0.4, -0.2) is 39.9 Å². The minimum atomic E-state index is 0.210. The normalized spacial score (nSPS) is 12.7. The minimum absolute atomic E-state index is 0.210. The lowest BCUT2D eigenvalue weighted by atomic mass is 10.0. The predicted octanol–water partition coefficient (Wildman–Crippen LogP) is 4.83.